The molecule has 0 N–H and O–H groups in total. The predicted octanol–water partition coefficient (Wildman–Crippen LogP) is 3.05. The topological polar surface area (TPSA) is 9.23 Å². The molecule has 60 valence electrons. The van der Waals surface area contributed by atoms with Gasteiger partial charge in [0.2, 0.25) is 0 Å². The van der Waals surface area contributed by atoms with Crippen molar-refractivity contribution in [3.63, 3.8) is 0 Å². The Kier molecular flexibility index (Phi) is 2.92. The number of halogens is 1. The summed E-state index contributed by atoms with van der Waals surface area (Å²) in [5, 5.41) is 0.761. The zero-order valence-corrected chi connectivity index (χ0v) is 7.43. The van der Waals surface area contributed by atoms with Crippen molar-refractivity contribution in [3.8, 4) is 0 Å². The van der Waals surface area contributed by atoms with Gasteiger partial charge in [0.15, 0.2) is 0 Å². The van der Waals surface area contributed by atoms with Crippen LogP contribution in [0.25, 0.3) is 0 Å². The summed E-state index contributed by atoms with van der Waals surface area (Å²) in [7, 11) is 1.69. The second kappa shape index (κ2) is 3.74. The lowest BCUT2D eigenvalue weighted by Crippen LogP contribution is -1.94. The van der Waals surface area contributed by atoms with Crippen LogP contribution in [0.2, 0.25) is 5.02 Å². The highest BCUT2D eigenvalue weighted by atomic mass is 35.5. The van der Waals surface area contributed by atoms with Crippen LogP contribution in [0.1, 0.15) is 18.6 Å². The van der Waals surface area contributed by atoms with E-state index in [-0.39, 0.29) is 6.10 Å². The third kappa shape index (κ3) is 2.21. The molecule has 0 saturated heterocycles. The second-order valence-corrected chi connectivity index (χ2v) is 2.87. The molecule has 1 nitrogen and oxygen atoms in total. The van der Waals surface area contributed by atoms with Gasteiger partial charge in [-0.15, -0.1) is 0 Å². The van der Waals surface area contributed by atoms with Crippen LogP contribution in [-0.2, 0) is 4.74 Å². The van der Waals surface area contributed by atoms with E-state index in [1.165, 1.54) is 0 Å². The third-order valence-corrected chi connectivity index (χ3v) is 1.94. The molecule has 2 heteroatoms. The maximum atomic E-state index is 5.72. The number of hydrogen-bond donors (Lipinski definition) is 0. The minimum absolute atomic E-state index is 0.146. The smallest absolute Gasteiger partial charge is 0.0793 e. The van der Waals surface area contributed by atoms with E-state index >= 15 is 0 Å². The fourth-order valence-electron chi connectivity index (χ4n) is 0.870. The molecule has 0 aromatic heterocycles. The van der Waals surface area contributed by atoms with Gasteiger partial charge < -0.3 is 4.74 Å². The van der Waals surface area contributed by atoms with E-state index in [2.05, 4.69) is 0 Å². The molecule has 0 spiro atoms. The molecule has 1 aromatic rings. The molecule has 0 amide bonds. The van der Waals surface area contributed by atoms with Gasteiger partial charge in [0.25, 0.3) is 0 Å². The Morgan fingerprint density at radius 3 is 2.27 bits per heavy atom. The van der Waals surface area contributed by atoms with E-state index in [1.54, 1.807) is 7.11 Å². The zero-order chi connectivity index (χ0) is 8.27. The monoisotopic (exact) mass is 170 g/mol. The van der Waals surface area contributed by atoms with Gasteiger partial charge >= 0.3 is 0 Å². The van der Waals surface area contributed by atoms with E-state index in [0.717, 1.165) is 10.6 Å². The van der Waals surface area contributed by atoms with Gasteiger partial charge in [-0.25, -0.2) is 0 Å². The molecule has 0 saturated carbocycles. The Morgan fingerprint density at radius 1 is 1.27 bits per heavy atom. The fraction of sp³-hybridized carbons (Fsp3) is 0.333. The van der Waals surface area contributed by atoms with Crippen LogP contribution in [0.5, 0.6) is 0 Å². The minimum Gasteiger partial charge on any atom is -0.377 e. The Balaban J connectivity index is 2.81. The number of rotatable bonds is 2. The lowest BCUT2D eigenvalue weighted by Gasteiger charge is -2.08. The summed E-state index contributed by atoms with van der Waals surface area (Å²) in [6.07, 6.45) is 0.146. The van der Waals surface area contributed by atoms with Gasteiger partial charge in [0.1, 0.15) is 0 Å². The first-order valence-corrected chi connectivity index (χ1v) is 3.90. The van der Waals surface area contributed by atoms with Crippen LogP contribution < -0.4 is 0 Å². The van der Waals surface area contributed by atoms with Crippen LogP contribution in [0.4, 0.5) is 0 Å². The van der Waals surface area contributed by atoms with Gasteiger partial charge in [0, 0.05) is 12.1 Å². The van der Waals surface area contributed by atoms with Crippen molar-refractivity contribution in [2.75, 3.05) is 7.11 Å². The van der Waals surface area contributed by atoms with Crippen molar-refractivity contribution in [2.45, 2.75) is 13.0 Å². The van der Waals surface area contributed by atoms with Crippen molar-refractivity contribution in [2.24, 2.45) is 0 Å². The quantitative estimate of drug-likeness (QED) is 0.663. The van der Waals surface area contributed by atoms with Crippen LogP contribution in [0, 0.1) is 0 Å². The third-order valence-electron chi connectivity index (χ3n) is 1.69. The van der Waals surface area contributed by atoms with E-state index in [9.17, 15) is 0 Å². The molecule has 0 aliphatic heterocycles. The largest absolute Gasteiger partial charge is 0.377 e. The summed E-state index contributed by atoms with van der Waals surface area (Å²) in [4.78, 5) is 0. The molecule has 1 aromatic carbocycles. The molecular weight excluding hydrogens is 160 g/mol. The molecule has 1 atom stereocenters. The van der Waals surface area contributed by atoms with Crippen molar-refractivity contribution in [3.05, 3.63) is 34.9 Å². The molecule has 0 fully saturated rings. The minimum atomic E-state index is 0.146. The standard InChI is InChI=1S/C9H11ClO/c1-7(11-2)8-3-5-9(10)6-4-8/h3-7H,1-2H3/t7-/m0/s1. The molecule has 0 radical (unpaired) electrons. The highest BCUT2D eigenvalue weighted by Gasteiger charge is 2.01. The molecule has 0 aliphatic rings. The van der Waals surface area contributed by atoms with E-state index in [1.807, 2.05) is 31.2 Å². The second-order valence-electron chi connectivity index (χ2n) is 2.43. The predicted molar refractivity (Wildman–Crippen MR) is 46.9 cm³/mol. The van der Waals surface area contributed by atoms with Gasteiger partial charge in [-0.05, 0) is 24.6 Å². The summed E-state index contributed by atoms with van der Waals surface area (Å²) >= 11 is 5.72. The Hall–Kier alpha value is -0.530. The Morgan fingerprint density at radius 2 is 1.82 bits per heavy atom. The van der Waals surface area contributed by atoms with Gasteiger partial charge in [-0.2, -0.15) is 0 Å². The average Bonchev–Trinajstić information content (AvgIpc) is 2.05. The number of methoxy groups -OCH3 is 1. The van der Waals surface area contributed by atoms with E-state index < -0.39 is 0 Å². The lowest BCUT2D eigenvalue weighted by atomic mass is 10.1. The average molecular weight is 171 g/mol. The van der Waals surface area contributed by atoms with Crippen LogP contribution in [0.15, 0.2) is 24.3 Å². The fourth-order valence-corrected chi connectivity index (χ4v) is 0.996. The SMILES string of the molecule is CO[C@@H](C)c1ccc(Cl)cc1. The van der Waals surface area contributed by atoms with Crippen LogP contribution >= 0.6 is 11.6 Å². The van der Waals surface area contributed by atoms with Crippen molar-refractivity contribution < 1.29 is 4.74 Å². The summed E-state index contributed by atoms with van der Waals surface area (Å²) in [6.45, 7) is 2.00. The number of benzene rings is 1. The number of ether oxygens (including phenoxy) is 1. The number of hydrogen-bond acceptors (Lipinski definition) is 1. The van der Waals surface area contributed by atoms with Crippen molar-refractivity contribution in [1.29, 1.82) is 0 Å². The molecule has 0 bridgehead atoms. The molecule has 1 rings (SSSR count). The maximum Gasteiger partial charge on any atom is 0.0793 e. The van der Waals surface area contributed by atoms with Crippen LogP contribution in [0.3, 0.4) is 0 Å². The highest BCUT2D eigenvalue weighted by molar-refractivity contribution is 6.30. The lowest BCUT2D eigenvalue weighted by molar-refractivity contribution is 0.119. The first-order valence-electron chi connectivity index (χ1n) is 3.52. The van der Waals surface area contributed by atoms with Gasteiger partial charge in [-0.1, -0.05) is 23.7 Å². The molecular formula is C9H11ClO. The Bertz CT molecular complexity index is 218. The first kappa shape index (κ1) is 8.57. The normalized spacial score (nSPS) is 13.0. The van der Waals surface area contributed by atoms with E-state index in [0.29, 0.717) is 0 Å². The first-order chi connectivity index (χ1) is 5.24. The molecule has 11 heavy (non-hydrogen) atoms. The van der Waals surface area contributed by atoms with Gasteiger partial charge in [-0.3, -0.25) is 0 Å². The maximum absolute atomic E-state index is 5.72. The molecule has 0 aliphatic carbocycles. The molecule has 0 unspecified atom stereocenters. The zero-order valence-electron chi connectivity index (χ0n) is 6.67. The van der Waals surface area contributed by atoms with Gasteiger partial charge in [0.05, 0.1) is 6.10 Å². The summed E-state index contributed by atoms with van der Waals surface area (Å²) < 4.78 is 5.13. The highest BCUT2D eigenvalue weighted by Crippen LogP contribution is 2.17. The summed E-state index contributed by atoms with van der Waals surface area (Å²) in [6, 6.07) is 7.67. The van der Waals surface area contributed by atoms with Crippen molar-refractivity contribution in [1.82, 2.24) is 0 Å². The van der Waals surface area contributed by atoms with Crippen LogP contribution in [-0.4, -0.2) is 7.11 Å². The van der Waals surface area contributed by atoms with Crippen molar-refractivity contribution >= 4 is 11.6 Å². The van der Waals surface area contributed by atoms with E-state index in [4.69, 9.17) is 16.3 Å². The summed E-state index contributed by atoms with van der Waals surface area (Å²) in [5.41, 5.74) is 1.15. The summed E-state index contributed by atoms with van der Waals surface area (Å²) in [5.74, 6) is 0. The molecule has 0 heterocycles. The Labute approximate surface area is 71.9 Å².